The van der Waals surface area contributed by atoms with E-state index in [1.807, 2.05) is 31.2 Å². The highest BCUT2D eigenvalue weighted by molar-refractivity contribution is 7.99. The lowest BCUT2D eigenvalue weighted by atomic mass is 9.99. The third kappa shape index (κ3) is 2.12. The Hall–Kier alpha value is -1.49. The minimum atomic E-state index is -0.633. The number of imide groups is 1. The minimum Gasteiger partial charge on any atom is -0.322 e. The van der Waals surface area contributed by atoms with Crippen LogP contribution in [0.4, 0.5) is 4.79 Å². The molecule has 2 saturated heterocycles. The first-order valence-electron chi connectivity index (χ1n) is 6.38. The van der Waals surface area contributed by atoms with Gasteiger partial charge in [-0.05, 0) is 24.7 Å². The van der Waals surface area contributed by atoms with Crippen molar-refractivity contribution in [1.82, 2.24) is 10.2 Å². The molecular weight excluding hydrogens is 260 g/mol. The van der Waals surface area contributed by atoms with E-state index in [0.717, 1.165) is 23.3 Å². The van der Waals surface area contributed by atoms with E-state index in [1.165, 1.54) is 4.90 Å². The van der Waals surface area contributed by atoms with Gasteiger partial charge >= 0.3 is 6.03 Å². The van der Waals surface area contributed by atoms with E-state index in [1.54, 1.807) is 11.8 Å². The summed E-state index contributed by atoms with van der Waals surface area (Å²) in [5.41, 5.74) is 1.49. The molecule has 0 aliphatic carbocycles. The number of rotatable bonds is 2. The summed E-state index contributed by atoms with van der Waals surface area (Å²) in [5.74, 6) is 1.57. The Kier molecular flexibility index (Phi) is 3.01. The van der Waals surface area contributed by atoms with E-state index in [9.17, 15) is 9.59 Å². The fourth-order valence-electron chi connectivity index (χ4n) is 2.65. The van der Waals surface area contributed by atoms with Gasteiger partial charge < -0.3 is 5.32 Å². The van der Waals surface area contributed by atoms with Gasteiger partial charge in [0.15, 0.2) is 0 Å². The molecule has 19 heavy (non-hydrogen) atoms. The van der Waals surface area contributed by atoms with Gasteiger partial charge in [-0.2, -0.15) is 11.8 Å². The molecule has 0 radical (unpaired) electrons. The fraction of sp³-hybridized carbons (Fsp3) is 0.429. The van der Waals surface area contributed by atoms with Crippen LogP contribution < -0.4 is 5.32 Å². The van der Waals surface area contributed by atoms with Crippen LogP contribution in [-0.4, -0.2) is 33.9 Å². The second kappa shape index (κ2) is 4.56. The van der Waals surface area contributed by atoms with Crippen molar-refractivity contribution in [3.8, 4) is 0 Å². The van der Waals surface area contributed by atoms with Gasteiger partial charge in [0.05, 0.1) is 6.54 Å². The number of amides is 3. The Morgan fingerprint density at radius 2 is 2.26 bits per heavy atom. The third-order valence-corrected chi connectivity index (χ3v) is 4.88. The molecule has 2 heterocycles. The minimum absolute atomic E-state index is 0.0657. The molecule has 1 atom stereocenters. The largest absolute Gasteiger partial charge is 0.325 e. The van der Waals surface area contributed by atoms with Gasteiger partial charge in [0.25, 0.3) is 5.91 Å². The molecule has 100 valence electrons. The van der Waals surface area contributed by atoms with Crippen LogP contribution in [0.1, 0.15) is 17.5 Å². The lowest BCUT2D eigenvalue weighted by Crippen LogP contribution is -2.46. The molecule has 3 amide bonds. The van der Waals surface area contributed by atoms with Gasteiger partial charge in [0.1, 0.15) is 5.54 Å². The Labute approximate surface area is 116 Å². The summed E-state index contributed by atoms with van der Waals surface area (Å²) in [5, 5.41) is 2.88. The number of nitrogens with zero attached hydrogens (tertiary/aromatic N) is 1. The zero-order valence-corrected chi connectivity index (χ0v) is 11.6. The summed E-state index contributed by atoms with van der Waals surface area (Å²) in [6.07, 6.45) is 0.743. The molecule has 3 rings (SSSR count). The predicted molar refractivity (Wildman–Crippen MR) is 74.9 cm³/mol. The maximum Gasteiger partial charge on any atom is 0.325 e. The zero-order valence-electron chi connectivity index (χ0n) is 10.8. The molecule has 5 heteroatoms. The molecular formula is C14H16N2O2S. The van der Waals surface area contributed by atoms with Crippen molar-refractivity contribution in [3.05, 3.63) is 35.4 Å². The summed E-state index contributed by atoms with van der Waals surface area (Å²) in [6.45, 7) is 2.36. The van der Waals surface area contributed by atoms with Crippen LogP contribution in [0, 0.1) is 6.92 Å². The highest BCUT2D eigenvalue weighted by atomic mass is 32.2. The van der Waals surface area contributed by atoms with Gasteiger partial charge in [-0.1, -0.05) is 29.8 Å². The molecule has 0 aromatic heterocycles. The second-order valence-electron chi connectivity index (χ2n) is 5.20. The zero-order chi connectivity index (χ0) is 13.5. The fourth-order valence-corrected chi connectivity index (χ4v) is 3.97. The van der Waals surface area contributed by atoms with Gasteiger partial charge in [-0.15, -0.1) is 0 Å². The van der Waals surface area contributed by atoms with Crippen LogP contribution in [0.25, 0.3) is 0 Å². The van der Waals surface area contributed by atoms with Gasteiger partial charge in [0, 0.05) is 5.75 Å². The summed E-state index contributed by atoms with van der Waals surface area (Å²) in [6, 6.07) is 7.65. The number of benzene rings is 1. The van der Waals surface area contributed by atoms with E-state index in [0.29, 0.717) is 12.3 Å². The molecule has 2 fully saturated rings. The van der Waals surface area contributed by atoms with Crippen molar-refractivity contribution in [2.75, 3.05) is 11.5 Å². The first-order valence-corrected chi connectivity index (χ1v) is 7.54. The third-order valence-electron chi connectivity index (χ3n) is 3.69. The monoisotopic (exact) mass is 276 g/mol. The van der Waals surface area contributed by atoms with Crippen molar-refractivity contribution in [2.24, 2.45) is 0 Å². The molecule has 2 aliphatic rings. The van der Waals surface area contributed by atoms with Crippen LogP contribution in [0.15, 0.2) is 24.3 Å². The number of carbonyl (C=O) groups is 2. The highest BCUT2D eigenvalue weighted by Gasteiger charge is 2.52. The summed E-state index contributed by atoms with van der Waals surface area (Å²) < 4.78 is 0. The molecule has 1 unspecified atom stereocenters. The van der Waals surface area contributed by atoms with Gasteiger partial charge in [-0.3, -0.25) is 9.69 Å². The number of nitrogens with one attached hydrogen (secondary N) is 1. The Bertz CT molecular complexity index is 538. The molecule has 4 nitrogen and oxygen atoms in total. The maximum atomic E-state index is 12.5. The van der Waals surface area contributed by atoms with Crippen molar-refractivity contribution in [3.63, 3.8) is 0 Å². The average molecular weight is 276 g/mol. The Morgan fingerprint density at radius 1 is 1.42 bits per heavy atom. The van der Waals surface area contributed by atoms with Crippen molar-refractivity contribution < 1.29 is 9.59 Å². The van der Waals surface area contributed by atoms with E-state index in [4.69, 9.17) is 0 Å². The molecule has 1 aromatic carbocycles. The quantitative estimate of drug-likeness (QED) is 0.840. The predicted octanol–water partition coefficient (Wildman–Crippen LogP) is 1.92. The smallest absolute Gasteiger partial charge is 0.322 e. The SMILES string of the molecule is Cc1cccc(CN2C(=O)NC3(CCSC3)C2=O)c1. The van der Waals surface area contributed by atoms with Crippen LogP contribution in [0.3, 0.4) is 0 Å². The normalized spacial score (nSPS) is 26.3. The van der Waals surface area contributed by atoms with Gasteiger partial charge in [0.2, 0.25) is 0 Å². The molecule has 1 spiro atoms. The van der Waals surface area contributed by atoms with Gasteiger partial charge in [-0.25, -0.2) is 4.79 Å². The Balaban J connectivity index is 1.82. The Morgan fingerprint density at radius 3 is 2.95 bits per heavy atom. The lowest BCUT2D eigenvalue weighted by molar-refractivity contribution is -0.130. The number of thioether (sulfide) groups is 1. The number of hydrogen-bond donors (Lipinski definition) is 1. The summed E-state index contributed by atoms with van der Waals surface area (Å²) in [7, 11) is 0. The lowest BCUT2D eigenvalue weighted by Gasteiger charge is -2.19. The first kappa shape index (κ1) is 12.5. The maximum absolute atomic E-state index is 12.5. The van der Waals surface area contributed by atoms with Crippen molar-refractivity contribution >= 4 is 23.7 Å². The number of aryl methyl sites for hydroxylation is 1. The average Bonchev–Trinajstić information content (AvgIpc) is 2.92. The molecule has 2 aliphatic heterocycles. The molecule has 1 aromatic rings. The van der Waals surface area contributed by atoms with E-state index >= 15 is 0 Å². The molecule has 0 bridgehead atoms. The number of urea groups is 1. The van der Waals surface area contributed by atoms with E-state index in [2.05, 4.69) is 5.32 Å². The highest BCUT2D eigenvalue weighted by Crippen LogP contribution is 2.33. The topological polar surface area (TPSA) is 49.4 Å². The number of carbonyl (C=O) groups excluding carboxylic acids is 2. The van der Waals surface area contributed by atoms with E-state index < -0.39 is 5.54 Å². The molecule has 0 saturated carbocycles. The summed E-state index contributed by atoms with van der Waals surface area (Å²) >= 11 is 1.72. The second-order valence-corrected chi connectivity index (χ2v) is 6.30. The van der Waals surface area contributed by atoms with E-state index in [-0.39, 0.29) is 11.9 Å². The number of hydrogen-bond acceptors (Lipinski definition) is 3. The van der Waals surface area contributed by atoms with Crippen LogP contribution in [0.5, 0.6) is 0 Å². The summed E-state index contributed by atoms with van der Waals surface area (Å²) in [4.78, 5) is 25.8. The first-order chi connectivity index (χ1) is 9.11. The van der Waals surface area contributed by atoms with Crippen LogP contribution >= 0.6 is 11.8 Å². The van der Waals surface area contributed by atoms with Crippen LogP contribution in [-0.2, 0) is 11.3 Å². The standard InChI is InChI=1S/C14H16N2O2S/c1-10-3-2-4-11(7-10)8-16-12(17)14(15-13(16)18)5-6-19-9-14/h2-4,7H,5-6,8-9H2,1H3,(H,15,18). The molecule has 1 N–H and O–H groups in total. The van der Waals surface area contributed by atoms with Crippen molar-refractivity contribution in [2.45, 2.75) is 25.4 Å². The van der Waals surface area contributed by atoms with Crippen molar-refractivity contribution in [1.29, 1.82) is 0 Å². The van der Waals surface area contributed by atoms with Crippen LogP contribution in [0.2, 0.25) is 0 Å².